The third-order valence-electron chi connectivity index (χ3n) is 1.24. The van der Waals surface area contributed by atoms with E-state index < -0.39 is 0 Å². The van der Waals surface area contributed by atoms with Crippen LogP contribution in [0, 0.1) is 3.57 Å². The van der Waals surface area contributed by atoms with Gasteiger partial charge in [-0.3, -0.25) is 0 Å². The quantitative estimate of drug-likeness (QED) is 0.614. The van der Waals surface area contributed by atoms with Gasteiger partial charge in [-0.05, 0) is 0 Å². The van der Waals surface area contributed by atoms with Crippen molar-refractivity contribution in [2.45, 2.75) is 0 Å². The molecule has 0 bridgehead atoms. The number of hydrogen-bond donors (Lipinski definition) is 0. The molecule has 0 aliphatic carbocycles. The molecule has 10 heavy (non-hydrogen) atoms. The Labute approximate surface area is 69.7 Å². The Kier molecular flexibility index (Phi) is 1.49. The maximum absolute atomic E-state index is 5.33. The van der Waals surface area contributed by atoms with Gasteiger partial charge >= 0.3 is 69.5 Å². The number of para-hydroxylation sites is 1. The molecule has 0 unspecified atom stereocenters. The first kappa shape index (κ1) is 6.35. The van der Waals surface area contributed by atoms with Crippen LogP contribution in [0.1, 0.15) is 0 Å². The van der Waals surface area contributed by atoms with Crippen molar-refractivity contribution in [2.24, 2.45) is 0 Å². The van der Waals surface area contributed by atoms with Crippen molar-refractivity contribution in [3.8, 4) is 0 Å². The fraction of sp³-hybridized carbons (Fsp3) is 0. The molecule has 2 aromatic rings. The van der Waals surface area contributed by atoms with E-state index in [-0.39, 0.29) is 0 Å². The molecular formula is C7H4OSSe. The monoisotopic (exact) mass is 216 g/mol. The molecule has 0 aliphatic heterocycles. The summed E-state index contributed by atoms with van der Waals surface area (Å²) in [6, 6.07) is 7.99. The molecule has 0 fully saturated rings. The molecule has 1 aromatic carbocycles. The van der Waals surface area contributed by atoms with Gasteiger partial charge in [-0.1, -0.05) is 0 Å². The summed E-state index contributed by atoms with van der Waals surface area (Å²) in [4.78, 5) is 0. The summed E-state index contributed by atoms with van der Waals surface area (Å²) in [5, 5.41) is 0. The van der Waals surface area contributed by atoms with Crippen LogP contribution >= 0.6 is 11.3 Å². The number of fused-ring (bicyclic) bond motifs is 1. The van der Waals surface area contributed by atoms with E-state index in [2.05, 4.69) is 15.6 Å². The summed E-state index contributed by atoms with van der Waals surface area (Å²) >= 11 is 4.47. The van der Waals surface area contributed by atoms with E-state index in [1.165, 1.54) is 4.70 Å². The second-order valence-electron chi connectivity index (χ2n) is 1.90. The zero-order chi connectivity index (χ0) is 6.97. The van der Waals surface area contributed by atoms with Crippen LogP contribution in [0.4, 0.5) is 0 Å². The fourth-order valence-electron chi connectivity index (χ4n) is 0.819. The third-order valence-corrected chi connectivity index (χ3v) is 2.74. The van der Waals surface area contributed by atoms with Crippen molar-refractivity contribution < 1.29 is 4.42 Å². The van der Waals surface area contributed by atoms with Crippen LogP contribution < -0.4 is 0 Å². The summed E-state index contributed by atoms with van der Waals surface area (Å²) < 4.78 is 7.41. The Bertz CT molecular complexity index is 365. The Balaban J connectivity index is 3.01. The fourth-order valence-corrected chi connectivity index (χ4v) is 2.24. The molecule has 1 nitrogen and oxygen atoms in total. The molecule has 1 heterocycles. The molecule has 50 valence electrons. The van der Waals surface area contributed by atoms with Crippen LogP contribution in [0.2, 0.25) is 0 Å². The van der Waals surface area contributed by atoms with Crippen molar-refractivity contribution in [2.75, 3.05) is 0 Å². The standard InChI is InChI=1S/C7H4OSSe/c10-7-8-5-3-1-2-4-6(5)9-7/h1-4H. The van der Waals surface area contributed by atoms with Crippen LogP contribution in [0.5, 0.6) is 0 Å². The number of benzene rings is 1. The van der Waals surface area contributed by atoms with Gasteiger partial charge in [0.25, 0.3) is 0 Å². The van der Waals surface area contributed by atoms with Crippen molar-refractivity contribution in [3.05, 3.63) is 27.8 Å². The Hall–Kier alpha value is -0.371. The van der Waals surface area contributed by atoms with E-state index in [9.17, 15) is 0 Å². The number of hydrogen-bond acceptors (Lipinski definition) is 2. The molecule has 0 saturated carbocycles. The average Bonchev–Trinajstić information content (AvgIpc) is 2.27. The van der Waals surface area contributed by atoms with Gasteiger partial charge in [0.2, 0.25) is 0 Å². The Morgan fingerprint density at radius 1 is 1.30 bits per heavy atom. The molecule has 0 spiro atoms. The van der Waals surface area contributed by atoms with Crippen molar-refractivity contribution >= 4 is 37.2 Å². The van der Waals surface area contributed by atoms with E-state index >= 15 is 0 Å². The molecule has 1 aromatic heterocycles. The molecule has 0 atom stereocenters. The van der Waals surface area contributed by atoms with E-state index in [0.717, 1.165) is 9.16 Å². The van der Waals surface area contributed by atoms with Crippen molar-refractivity contribution in [1.82, 2.24) is 0 Å². The first-order valence-electron chi connectivity index (χ1n) is 2.85. The SMILES string of the molecule is [Se]=c1oc2ccccc2s1. The molecule has 0 saturated heterocycles. The van der Waals surface area contributed by atoms with Gasteiger partial charge in [-0.2, -0.15) is 0 Å². The van der Waals surface area contributed by atoms with Gasteiger partial charge in [0.1, 0.15) is 0 Å². The predicted octanol–water partition coefficient (Wildman–Crippen LogP) is 2.19. The van der Waals surface area contributed by atoms with E-state index in [0.29, 0.717) is 0 Å². The topological polar surface area (TPSA) is 13.1 Å². The van der Waals surface area contributed by atoms with Crippen LogP contribution in [0.25, 0.3) is 10.3 Å². The van der Waals surface area contributed by atoms with Gasteiger partial charge in [0.15, 0.2) is 0 Å². The summed E-state index contributed by atoms with van der Waals surface area (Å²) in [6.45, 7) is 0. The first-order valence-corrected chi connectivity index (χ1v) is 4.52. The Morgan fingerprint density at radius 2 is 2.10 bits per heavy atom. The number of rotatable bonds is 0. The summed E-state index contributed by atoms with van der Waals surface area (Å²) in [7, 11) is 0. The van der Waals surface area contributed by atoms with E-state index in [1.807, 2.05) is 24.3 Å². The Morgan fingerprint density at radius 3 is 2.90 bits per heavy atom. The van der Waals surface area contributed by atoms with Crippen LogP contribution in [0.3, 0.4) is 0 Å². The maximum atomic E-state index is 5.33. The zero-order valence-corrected chi connectivity index (χ0v) is 7.56. The van der Waals surface area contributed by atoms with Crippen molar-refractivity contribution in [3.63, 3.8) is 0 Å². The predicted molar refractivity (Wildman–Crippen MR) is 43.1 cm³/mol. The molecule has 3 heteroatoms. The molecular weight excluding hydrogens is 211 g/mol. The summed E-state index contributed by atoms with van der Waals surface area (Å²) in [5.74, 6) is 0. The van der Waals surface area contributed by atoms with Crippen molar-refractivity contribution in [1.29, 1.82) is 0 Å². The van der Waals surface area contributed by atoms with Crippen LogP contribution in [-0.4, -0.2) is 15.6 Å². The zero-order valence-electron chi connectivity index (χ0n) is 5.03. The summed E-state index contributed by atoms with van der Waals surface area (Å²) in [6.07, 6.45) is 0. The average molecular weight is 215 g/mol. The molecule has 0 N–H and O–H groups in total. The summed E-state index contributed by atoms with van der Waals surface area (Å²) in [5.41, 5.74) is 0.959. The second-order valence-corrected chi connectivity index (χ2v) is 4.28. The first-order chi connectivity index (χ1) is 4.86. The molecule has 0 aliphatic rings. The molecule has 0 radical (unpaired) electrons. The van der Waals surface area contributed by atoms with Crippen LogP contribution in [-0.2, 0) is 0 Å². The minimum atomic E-state index is 0.890. The van der Waals surface area contributed by atoms with E-state index in [1.54, 1.807) is 11.3 Å². The van der Waals surface area contributed by atoms with E-state index in [4.69, 9.17) is 4.42 Å². The van der Waals surface area contributed by atoms with Gasteiger partial charge in [-0.25, -0.2) is 0 Å². The van der Waals surface area contributed by atoms with Crippen LogP contribution in [0.15, 0.2) is 28.7 Å². The normalized spacial score (nSPS) is 10.4. The van der Waals surface area contributed by atoms with Gasteiger partial charge in [-0.15, -0.1) is 0 Å². The second kappa shape index (κ2) is 2.35. The van der Waals surface area contributed by atoms with Gasteiger partial charge in [0.05, 0.1) is 0 Å². The molecule has 2 rings (SSSR count). The third kappa shape index (κ3) is 0.966. The minimum absolute atomic E-state index is 0.890. The molecule has 0 amide bonds. The van der Waals surface area contributed by atoms with Gasteiger partial charge in [0, 0.05) is 0 Å². The van der Waals surface area contributed by atoms with Gasteiger partial charge < -0.3 is 0 Å².